The lowest BCUT2D eigenvalue weighted by molar-refractivity contribution is -0.240. The molecule has 0 radical (unpaired) electrons. The van der Waals surface area contributed by atoms with Crippen LogP contribution in [0.15, 0.2) is 30.3 Å². The summed E-state index contributed by atoms with van der Waals surface area (Å²) in [4.78, 5) is 34.7. The molecule has 0 unspecified atom stereocenters. The molecular formula is C19H22BrClO8. The number of hydrogen-bond donors (Lipinski definition) is 0. The van der Waals surface area contributed by atoms with Crippen molar-refractivity contribution in [1.82, 2.24) is 0 Å². The molecule has 0 spiro atoms. The van der Waals surface area contributed by atoms with Crippen molar-refractivity contribution in [2.45, 2.75) is 49.9 Å². The van der Waals surface area contributed by atoms with Gasteiger partial charge in [0.15, 0.2) is 17.2 Å². The summed E-state index contributed by atoms with van der Waals surface area (Å²) in [6.45, 7) is 2.48. The minimum absolute atomic E-state index is 0.165. The smallest absolute Gasteiger partial charge is 0.321 e. The van der Waals surface area contributed by atoms with E-state index in [2.05, 4.69) is 15.9 Å². The van der Waals surface area contributed by atoms with Crippen LogP contribution in [0.1, 0.15) is 19.4 Å². The maximum absolute atomic E-state index is 11.8. The Labute approximate surface area is 181 Å². The van der Waals surface area contributed by atoms with Gasteiger partial charge in [-0.3, -0.25) is 14.4 Å². The molecule has 1 aromatic rings. The number of carbonyl (C=O) groups excluding carboxylic acids is 3. The van der Waals surface area contributed by atoms with Gasteiger partial charge in [-0.15, -0.1) is 11.6 Å². The summed E-state index contributed by atoms with van der Waals surface area (Å²) in [5, 5.41) is -0.803. The quantitative estimate of drug-likeness (QED) is 0.309. The standard InChI is InChI=1S/C19H22BrClO8/c1-11(22)25-10-14-16(27-12(2)23)17(26-9-13-6-4-3-5-7-13)18(19(20)28-14)29-15(24)8-21/h3-7,14,16-19H,8-10H2,1-2H3/t14-,16+,17+,18-,19+/m1/s1. The molecule has 2 rings (SSSR count). The van der Waals surface area contributed by atoms with E-state index in [0.717, 1.165) is 5.56 Å². The number of hydrogen-bond acceptors (Lipinski definition) is 8. The number of esters is 3. The van der Waals surface area contributed by atoms with Crippen LogP contribution in [0, 0.1) is 0 Å². The van der Waals surface area contributed by atoms with Crippen molar-refractivity contribution >= 4 is 45.4 Å². The topological polar surface area (TPSA) is 97.4 Å². The zero-order valence-electron chi connectivity index (χ0n) is 15.9. The van der Waals surface area contributed by atoms with Gasteiger partial charge >= 0.3 is 17.9 Å². The molecule has 0 aromatic heterocycles. The van der Waals surface area contributed by atoms with Crippen molar-refractivity contribution in [2.24, 2.45) is 0 Å². The molecular weight excluding hydrogens is 472 g/mol. The van der Waals surface area contributed by atoms with Crippen LogP contribution in [-0.2, 0) is 44.7 Å². The molecule has 1 fully saturated rings. The average molecular weight is 494 g/mol. The lowest BCUT2D eigenvalue weighted by Gasteiger charge is -2.43. The highest BCUT2D eigenvalue weighted by molar-refractivity contribution is 9.09. The Morgan fingerprint density at radius 2 is 1.72 bits per heavy atom. The van der Waals surface area contributed by atoms with E-state index in [1.165, 1.54) is 13.8 Å². The van der Waals surface area contributed by atoms with Gasteiger partial charge in [0.05, 0.1) is 6.61 Å². The average Bonchev–Trinajstić information content (AvgIpc) is 2.68. The molecule has 0 bridgehead atoms. The molecule has 29 heavy (non-hydrogen) atoms. The van der Waals surface area contributed by atoms with Crippen molar-refractivity contribution in [3.8, 4) is 0 Å². The van der Waals surface area contributed by atoms with Gasteiger partial charge in [0, 0.05) is 13.8 Å². The Bertz CT molecular complexity index is 701. The molecule has 8 nitrogen and oxygen atoms in total. The van der Waals surface area contributed by atoms with Crippen LogP contribution in [0.5, 0.6) is 0 Å². The predicted molar refractivity (Wildman–Crippen MR) is 105 cm³/mol. The minimum Gasteiger partial charge on any atom is -0.463 e. The van der Waals surface area contributed by atoms with E-state index < -0.39 is 47.3 Å². The summed E-state index contributed by atoms with van der Waals surface area (Å²) < 4.78 is 27.6. The Morgan fingerprint density at radius 1 is 1.03 bits per heavy atom. The third-order valence-electron chi connectivity index (χ3n) is 3.99. The van der Waals surface area contributed by atoms with E-state index in [0.29, 0.717) is 0 Å². The number of carbonyl (C=O) groups is 3. The van der Waals surface area contributed by atoms with Gasteiger partial charge < -0.3 is 23.7 Å². The highest BCUT2D eigenvalue weighted by Gasteiger charge is 2.50. The lowest BCUT2D eigenvalue weighted by Crippen LogP contribution is -2.60. The Kier molecular flexibility index (Phi) is 9.35. The van der Waals surface area contributed by atoms with Crippen LogP contribution in [-0.4, -0.2) is 59.8 Å². The summed E-state index contributed by atoms with van der Waals surface area (Å²) >= 11 is 8.88. The van der Waals surface area contributed by atoms with Crippen LogP contribution in [0.2, 0.25) is 0 Å². The van der Waals surface area contributed by atoms with Crippen molar-refractivity contribution in [2.75, 3.05) is 12.5 Å². The molecule has 0 N–H and O–H groups in total. The first-order chi connectivity index (χ1) is 13.8. The third kappa shape index (κ3) is 7.26. The lowest BCUT2D eigenvalue weighted by atomic mass is 9.99. The predicted octanol–water partition coefficient (Wildman–Crippen LogP) is 2.34. The molecule has 0 saturated carbocycles. The Hall–Kier alpha value is -1.68. The second-order valence-corrected chi connectivity index (χ2v) is 7.42. The number of alkyl halides is 2. The van der Waals surface area contributed by atoms with E-state index in [9.17, 15) is 14.4 Å². The fourth-order valence-electron chi connectivity index (χ4n) is 2.80. The molecule has 1 aliphatic rings. The maximum Gasteiger partial charge on any atom is 0.321 e. The molecule has 1 aromatic carbocycles. The first-order valence-electron chi connectivity index (χ1n) is 8.83. The Balaban J connectivity index is 2.28. The van der Waals surface area contributed by atoms with Gasteiger partial charge in [0.2, 0.25) is 0 Å². The van der Waals surface area contributed by atoms with Crippen LogP contribution in [0.25, 0.3) is 0 Å². The number of benzene rings is 1. The maximum atomic E-state index is 11.8. The number of ether oxygens (including phenoxy) is 5. The second-order valence-electron chi connectivity index (χ2n) is 6.25. The van der Waals surface area contributed by atoms with Gasteiger partial charge in [-0.25, -0.2) is 0 Å². The van der Waals surface area contributed by atoms with E-state index in [1.54, 1.807) is 0 Å². The zero-order valence-corrected chi connectivity index (χ0v) is 18.3. The minimum atomic E-state index is -0.988. The molecule has 5 atom stereocenters. The van der Waals surface area contributed by atoms with Crippen LogP contribution in [0.3, 0.4) is 0 Å². The third-order valence-corrected chi connectivity index (χ3v) is 4.95. The van der Waals surface area contributed by atoms with Gasteiger partial charge in [-0.2, -0.15) is 0 Å². The number of rotatable bonds is 8. The molecule has 160 valence electrons. The fraction of sp³-hybridized carbons (Fsp3) is 0.526. The van der Waals surface area contributed by atoms with E-state index >= 15 is 0 Å². The molecule has 10 heteroatoms. The SMILES string of the molecule is CC(=O)OC[C@H]1O[C@H](Br)[C@H](OC(=O)CCl)[C@@H](OCc2ccccc2)[C@H]1OC(C)=O. The van der Waals surface area contributed by atoms with Crippen molar-refractivity contribution in [3.05, 3.63) is 35.9 Å². The second kappa shape index (κ2) is 11.5. The van der Waals surface area contributed by atoms with Crippen molar-refractivity contribution in [3.63, 3.8) is 0 Å². The van der Waals surface area contributed by atoms with Crippen molar-refractivity contribution < 1.29 is 38.1 Å². The normalized spacial score (nSPS) is 26.4. The van der Waals surface area contributed by atoms with E-state index in [-0.39, 0.29) is 19.1 Å². The monoisotopic (exact) mass is 492 g/mol. The molecule has 0 aliphatic carbocycles. The summed E-state index contributed by atoms with van der Waals surface area (Å²) in [5.74, 6) is -2.15. The van der Waals surface area contributed by atoms with Gasteiger partial charge in [-0.05, 0) is 5.56 Å². The first kappa shape index (κ1) is 23.6. The van der Waals surface area contributed by atoms with Crippen molar-refractivity contribution in [1.29, 1.82) is 0 Å². The summed E-state index contributed by atoms with van der Waals surface area (Å²) in [6.07, 6.45) is -3.68. The molecule has 1 heterocycles. The van der Waals surface area contributed by atoms with Gasteiger partial charge in [-0.1, -0.05) is 46.3 Å². The molecule has 1 aliphatic heterocycles. The van der Waals surface area contributed by atoms with Gasteiger partial charge in [0.1, 0.15) is 24.7 Å². The highest BCUT2D eigenvalue weighted by atomic mass is 79.9. The van der Waals surface area contributed by atoms with Crippen LogP contribution in [0.4, 0.5) is 0 Å². The van der Waals surface area contributed by atoms with Gasteiger partial charge in [0.25, 0.3) is 0 Å². The number of halogens is 2. The fourth-order valence-corrected chi connectivity index (χ4v) is 3.55. The summed E-state index contributed by atoms with van der Waals surface area (Å²) in [7, 11) is 0. The van der Waals surface area contributed by atoms with Crippen LogP contribution < -0.4 is 0 Å². The zero-order chi connectivity index (χ0) is 21.4. The first-order valence-corrected chi connectivity index (χ1v) is 10.3. The highest BCUT2D eigenvalue weighted by Crippen LogP contribution is 2.32. The van der Waals surface area contributed by atoms with E-state index in [1.807, 2.05) is 30.3 Å². The van der Waals surface area contributed by atoms with Crippen LogP contribution >= 0.6 is 27.5 Å². The van der Waals surface area contributed by atoms with E-state index in [4.69, 9.17) is 35.3 Å². The largest absolute Gasteiger partial charge is 0.463 e. The summed E-state index contributed by atoms with van der Waals surface area (Å²) in [5.41, 5.74) is 0.866. The summed E-state index contributed by atoms with van der Waals surface area (Å²) in [6, 6.07) is 9.31. The molecule has 0 amide bonds. The molecule has 1 saturated heterocycles. The Morgan fingerprint density at radius 3 is 2.31 bits per heavy atom.